The van der Waals surface area contributed by atoms with Gasteiger partial charge in [0.15, 0.2) is 11.6 Å². The molecule has 3 rings (SSSR count). The van der Waals surface area contributed by atoms with Gasteiger partial charge in [-0.05, 0) is 18.1 Å². The molecule has 0 radical (unpaired) electrons. The Balaban J connectivity index is 1.93. The van der Waals surface area contributed by atoms with Gasteiger partial charge in [-0.2, -0.15) is 0 Å². The number of ether oxygens (including phenoxy) is 1. The molecule has 29 heavy (non-hydrogen) atoms. The molecule has 0 saturated carbocycles. The fourth-order valence-electron chi connectivity index (χ4n) is 3.21. The Morgan fingerprint density at radius 3 is 2.86 bits per heavy atom. The van der Waals surface area contributed by atoms with Gasteiger partial charge in [0.25, 0.3) is 10.0 Å². The van der Waals surface area contributed by atoms with E-state index in [4.69, 9.17) is 4.74 Å². The van der Waals surface area contributed by atoms with Crippen molar-refractivity contribution in [2.75, 3.05) is 20.2 Å². The monoisotopic (exact) mass is 442 g/mol. The highest BCUT2D eigenvalue weighted by Gasteiger charge is 2.34. The van der Waals surface area contributed by atoms with Crippen LogP contribution in [0.5, 0.6) is 0 Å². The number of thiophene rings is 1. The molecule has 0 saturated heterocycles. The molecule has 0 unspecified atom stereocenters. The first-order chi connectivity index (χ1) is 13.8. The van der Waals surface area contributed by atoms with E-state index >= 15 is 0 Å². The summed E-state index contributed by atoms with van der Waals surface area (Å²) in [5.74, 6) is -2.52. The molecule has 6 nitrogen and oxygen atoms in total. The maximum absolute atomic E-state index is 14.0. The van der Waals surface area contributed by atoms with Crippen molar-refractivity contribution in [2.45, 2.75) is 23.7 Å². The van der Waals surface area contributed by atoms with Gasteiger partial charge in [0, 0.05) is 36.6 Å². The van der Waals surface area contributed by atoms with Crippen molar-refractivity contribution in [1.82, 2.24) is 9.62 Å². The van der Waals surface area contributed by atoms with Crippen LogP contribution in [0.2, 0.25) is 0 Å². The Labute approximate surface area is 171 Å². The summed E-state index contributed by atoms with van der Waals surface area (Å²) < 4.78 is 59.8. The van der Waals surface area contributed by atoms with E-state index in [0.29, 0.717) is 30.0 Å². The number of esters is 1. The van der Waals surface area contributed by atoms with E-state index < -0.39 is 27.6 Å². The van der Waals surface area contributed by atoms with Crippen molar-refractivity contribution in [1.29, 1.82) is 0 Å². The van der Waals surface area contributed by atoms with Crippen molar-refractivity contribution in [3.63, 3.8) is 0 Å². The van der Waals surface area contributed by atoms with Crippen molar-refractivity contribution < 1.29 is 26.7 Å². The highest BCUT2D eigenvalue weighted by molar-refractivity contribution is 7.91. The van der Waals surface area contributed by atoms with E-state index in [-0.39, 0.29) is 28.4 Å². The first-order valence-electron chi connectivity index (χ1n) is 8.77. The zero-order valence-corrected chi connectivity index (χ0v) is 17.3. The third-order valence-electron chi connectivity index (χ3n) is 4.58. The lowest BCUT2D eigenvalue weighted by molar-refractivity contribution is 0.0595. The third kappa shape index (κ3) is 4.40. The number of hydrogen-bond acceptors (Lipinski definition) is 6. The van der Waals surface area contributed by atoms with E-state index in [1.807, 2.05) is 4.90 Å². The quantitative estimate of drug-likeness (QED) is 0.527. The third-order valence-corrected chi connectivity index (χ3v) is 7.74. The zero-order valence-electron chi connectivity index (χ0n) is 15.7. The Morgan fingerprint density at radius 1 is 1.41 bits per heavy atom. The second-order valence-corrected chi connectivity index (χ2v) is 9.54. The normalized spacial score (nSPS) is 14.4. The Bertz CT molecular complexity index is 1050. The SMILES string of the molecule is C=CCNS(=O)(=O)c1sc2c(c1C(=O)OC)CCN(Cc1cccc(F)c1F)C2. The lowest BCUT2D eigenvalue weighted by Crippen LogP contribution is -2.30. The smallest absolute Gasteiger partial charge is 0.340 e. The average Bonchev–Trinajstić information content (AvgIpc) is 3.09. The van der Waals surface area contributed by atoms with Crippen molar-refractivity contribution >= 4 is 27.3 Å². The van der Waals surface area contributed by atoms with Gasteiger partial charge in [-0.1, -0.05) is 18.2 Å². The fourth-order valence-corrected chi connectivity index (χ4v) is 6.18. The maximum atomic E-state index is 14.0. The number of nitrogens with one attached hydrogen (secondary N) is 1. The maximum Gasteiger partial charge on any atom is 0.340 e. The number of carbonyl (C=O) groups is 1. The van der Waals surface area contributed by atoms with Crippen molar-refractivity contribution in [2.24, 2.45) is 0 Å². The summed E-state index contributed by atoms with van der Waals surface area (Å²) in [6, 6.07) is 4.01. The van der Waals surface area contributed by atoms with Crippen LogP contribution < -0.4 is 4.72 Å². The summed E-state index contributed by atoms with van der Waals surface area (Å²) in [5.41, 5.74) is 0.885. The number of sulfonamides is 1. The summed E-state index contributed by atoms with van der Waals surface area (Å²) in [6.07, 6.45) is 1.79. The Morgan fingerprint density at radius 2 is 2.17 bits per heavy atom. The van der Waals surface area contributed by atoms with Gasteiger partial charge >= 0.3 is 5.97 Å². The number of benzene rings is 1. The average molecular weight is 443 g/mol. The number of hydrogen-bond donors (Lipinski definition) is 1. The molecular weight excluding hydrogens is 422 g/mol. The molecule has 2 aromatic rings. The van der Waals surface area contributed by atoms with Gasteiger partial charge in [-0.15, -0.1) is 17.9 Å². The van der Waals surface area contributed by atoms with Gasteiger partial charge < -0.3 is 4.74 Å². The van der Waals surface area contributed by atoms with Crippen LogP contribution in [-0.2, 0) is 34.3 Å². The molecule has 0 atom stereocenters. The Hall–Kier alpha value is -2.14. The summed E-state index contributed by atoms with van der Waals surface area (Å²) in [5, 5.41) is 0. The van der Waals surface area contributed by atoms with Crippen LogP contribution in [0.4, 0.5) is 8.78 Å². The van der Waals surface area contributed by atoms with Crippen molar-refractivity contribution in [3.8, 4) is 0 Å². The zero-order chi connectivity index (χ0) is 21.2. The Kier molecular flexibility index (Phi) is 6.47. The van der Waals surface area contributed by atoms with Gasteiger partial charge in [-0.25, -0.2) is 26.7 Å². The van der Waals surface area contributed by atoms with Crippen molar-refractivity contribution in [3.05, 3.63) is 64.1 Å². The second-order valence-electron chi connectivity index (χ2n) is 6.47. The molecule has 1 N–H and O–H groups in total. The number of methoxy groups -OCH3 is 1. The van der Waals surface area contributed by atoms with Crippen LogP contribution in [0, 0.1) is 11.6 Å². The largest absolute Gasteiger partial charge is 0.465 e. The van der Waals surface area contributed by atoms with Crippen LogP contribution in [-0.4, -0.2) is 39.5 Å². The van der Waals surface area contributed by atoms with E-state index in [2.05, 4.69) is 11.3 Å². The summed E-state index contributed by atoms with van der Waals surface area (Å²) in [4.78, 5) is 14.9. The summed E-state index contributed by atoms with van der Waals surface area (Å²) in [6.45, 7) is 4.45. The van der Waals surface area contributed by atoms with Gasteiger partial charge in [0.1, 0.15) is 4.21 Å². The molecule has 0 spiro atoms. The molecule has 0 amide bonds. The molecule has 0 bridgehead atoms. The number of halogens is 2. The van der Waals surface area contributed by atoms with E-state index in [1.54, 1.807) is 0 Å². The predicted octanol–water partition coefficient (Wildman–Crippen LogP) is 2.84. The van der Waals surface area contributed by atoms with Crippen LogP contribution in [0.3, 0.4) is 0 Å². The van der Waals surface area contributed by atoms with Gasteiger partial charge in [0.2, 0.25) is 0 Å². The number of fused-ring (bicyclic) bond motifs is 1. The molecule has 1 aromatic carbocycles. The topological polar surface area (TPSA) is 75.7 Å². The molecule has 0 fully saturated rings. The molecule has 1 aromatic heterocycles. The molecule has 1 aliphatic heterocycles. The molecule has 10 heteroatoms. The number of carbonyl (C=O) groups excluding carboxylic acids is 1. The van der Waals surface area contributed by atoms with E-state index in [0.717, 1.165) is 17.4 Å². The van der Waals surface area contributed by atoms with Gasteiger partial charge in [-0.3, -0.25) is 4.90 Å². The lowest BCUT2D eigenvalue weighted by atomic mass is 10.0. The molecule has 1 aliphatic rings. The second kappa shape index (κ2) is 8.70. The van der Waals surface area contributed by atoms with Gasteiger partial charge in [0.05, 0.1) is 12.7 Å². The molecule has 2 heterocycles. The highest BCUT2D eigenvalue weighted by Crippen LogP contribution is 2.37. The highest BCUT2D eigenvalue weighted by atomic mass is 32.2. The predicted molar refractivity (Wildman–Crippen MR) is 105 cm³/mol. The minimum atomic E-state index is -3.92. The number of nitrogens with zero attached hydrogens (tertiary/aromatic N) is 1. The molecular formula is C19H20F2N2O4S2. The fraction of sp³-hybridized carbons (Fsp3) is 0.316. The minimum Gasteiger partial charge on any atom is -0.465 e. The van der Waals surface area contributed by atoms with Crippen LogP contribution in [0.15, 0.2) is 35.1 Å². The first kappa shape index (κ1) is 21.6. The lowest BCUT2D eigenvalue weighted by Gasteiger charge is -2.27. The molecule has 156 valence electrons. The van der Waals surface area contributed by atoms with E-state index in [9.17, 15) is 22.0 Å². The summed E-state index contributed by atoms with van der Waals surface area (Å²) in [7, 11) is -2.73. The first-order valence-corrected chi connectivity index (χ1v) is 11.1. The summed E-state index contributed by atoms with van der Waals surface area (Å²) >= 11 is 0.990. The van der Waals surface area contributed by atoms with Crippen LogP contribution in [0.1, 0.15) is 26.4 Å². The standard InChI is InChI=1S/C19H20F2N2O4S2/c1-3-8-22-29(25,26)19-16(18(24)27-2)13-7-9-23(11-15(13)28-19)10-12-5-4-6-14(20)17(12)21/h3-6,22H,1,7-11H2,2H3. The number of rotatable bonds is 7. The van der Waals surface area contributed by atoms with Crippen LogP contribution >= 0.6 is 11.3 Å². The van der Waals surface area contributed by atoms with E-state index in [1.165, 1.54) is 25.3 Å². The molecule has 0 aliphatic carbocycles. The minimum absolute atomic E-state index is 0.0243. The van der Waals surface area contributed by atoms with Crippen LogP contribution in [0.25, 0.3) is 0 Å².